The molecule has 1 aliphatic heterocycles. The number of nitrogens with zero attached hydrogens (tertiary/aromatic N) is 2. The zero-order chi connectivity index (χ0) is 14.5. The maximum Gasteiger partial charge on any atom is 0.129 e. The van der Waals surface area contributed by atoms with Crippen LogP contribution in [0.2, 0.25) is 0 Å². The van der Waals surface area contributed by atoms with Gasteiger partial charge < -0.3 is 10.2 Å². The number of anilines is 1. The summed E-state index contributed by atoms with van der Waals surface area (Å²) in [5.41, 5.74) is 2.51. The lowest BCUT2D eigenvalue weighted by Crippen LogP contribution is -2.28. The van der Waals surface area contributed by atoms with E-state index in [9.17, 15) is 0 Å². The summed E-state index contributed by atoms with van der Waals surface area (Å²) in [6.45, 7) is 3.41. The molecule has 1 N–H and O–H groups in total. The van der Waals surface area contributed by atoms with E-state index < -0.39 is 0 Å². The Balaban J connectivity index is 1.48. The van der Waals surface area contributed by atoms with E-state index in [1.807, 2.05) is 6.07 Å². The Bertz CT molecular complexity index is 573. The van der Waals surface area contributed by atoms with E-state index >= 15 is 0 Å². The van der Waals surface area contributed by atoms with Crippen LogP contribution in [0.3, 0.4) is 0 Å². The van der Waals surface area contributed by atoms with Crippen LogP contribution in [0, 0.1) is 0 Å². The standard InChI is InChI=1S/C17H20BrN3/c18-17-16(7-4-10-19-17)20-15-9-12-21(13-15)11-8-14-5-2-1-3-6-14/h1-7,10,15,20H,8-9,11-13H2. The highest BCUT2D eigenvalue weighted by atomic mass is 79.9. The third-order valence-electron chi connectivity index (χ3n) is 3.95. The van der Waals surface area contributed by atoms with Crippen LogP contribution in [0.1, 0.15) is 12.0 Å². The minimum Gasteiger partial charge on any atom is -0.379 e. The van der Waals surface area contributed by atoms with Gasteiger partial charge in [-0.05, 0) is 46.5 Å². The van der Waals surface area contributed by atoms with Crippen LogP contribution >= 0.6 is 15.9 Å². The van der Waals surface area contributed by atoms with Gasteiger partial charge in [0.15, 0.2) is 0 Å². The van der Waals surface area contributed by atoms with E-state index in [0.29, 0.717) is 6.04 Å². The van der Waals surface area contributed by atoms with Crippen LogP contribution in [0.25, 0.3) is 0 Å². The summed E-state index contributed by atoms with van der Waals surface area (Å²) in [5.74, 6) is 0. The van der Waals surface area contributed by atoms with E-state index in [-0.39, 0.29) is 0 Å². The molecule has 1 aromatic carbocycles. The lowest BCUT2D eigenvalue weighted by molar-refractivity contribution is 0.340. The number of aromatic nitrogens is 1. The van der Waals surface area contributed by atoms with Gasteiger partial charge >= 0.3 is 0 Å². The summed E-state index contributed by atoms with van der Waals surface area (Å²) in [6, 6.07) is 15.3. The molecule has 1 atom stereocenters. The van der Waals surface area contributed by atoms with Crippen LogP contribution in [0.15, 0.2) is 53.3 Å². The smallest absolute Gasteiger partial charge is 0.129 e. The van der Waals surface area contributed by atoms with Gasteiger partial charge in [0, 0.05) is 31.9 Å². The Morgan fingerprint density at radius 2 is 2.05 bits per heavy atom. The predicted octanol–water partition coefficient (Wildman–Crippen LogP) is 3.57. The Labute approximate surface area is 134 Å². The Kier molecular flexibility index (Phi) is 4.88. The monoisotopic (exact) mass is 345 g/mol. The number of halogens is 1. The molecule has 3 rings (SSSR count). The maximum absolute atomic E-state index is 4.26. The lowest BCUT2D eigenvalue weighted by Gasteiger charge is -2.17. The first-order valence-corrected chi connectivity index (χ1v) is 8.24. The number of hydrogen-bond acceptors (Lipinski definition) is 3. The Morgan fingerprint density at radius 3 is 2.86 bits per heavy atom. The van der Waals surface area contributed by atoms with Crippen molar-refractivity contribution >= 4 is 21.6 Å². The lowest BCUT2D eigenvalue weighted by atomic mass is 10.1. The summed E-state index contributed by atoms with van der Waals surface area (Å²) in [7, 11) is 0. The van der Waals surface area contributed by atoms with Gasteiger partial charge in [-0.3, -0.25) is 0 Å². The molecule has 3 nitrogen and oxygen atoms in total. The van der Waals surface area contributed by atoms with Crippen LogP contribution in [0.4, 0.5) is 5.69 Å². The van der Waals surface area contributed by atoms with E-state index in [1.165, 1.54) is 18.5 Å². The highest BCUT2D eigenvalue weighted by molar-refractivity contribution is 9.10. The molecule has 4 heteroatoms. The number of rotatable bonds is 5. The fraction of sp³-hybridized carbons (Fsp3) is 0.353. The van der Waals surface area contributed by atoms with Gasteiger partial charge in [-0.1, -0.05) is 30.3 Å². The average molecular weight is 346 g/mol. The van der Waals surface area contributed by atoms with Gasteiger partial charge in [0.2, 0.25) is 0 Å². The quantitative estimate of drug-likeness (QED) is 0.839. The van der Waals surface area contributed by atoms with Crippen LogP contribution < -0.4 is 5.32 Å². The summed E-state index contributed by atoms with van der Waals surface area (Å²) in [4.78, 5) is 6.79. The number of hydrogen-bond donors (Lipinski definition) is 1. The van der Waals surface area contributed by atoms with Gasteiger partial charge in [0.25, 0.3) is 0 Å². The predicted molar refractivity (Wildman–Crippen MR) is 90.6 cm³/mol. The van der Waals surface area contributed by atoms with Gasteiger partial charge in [0.1, 0.15) is 4.60 Å². The van der Waals surface area contributed by atoms with Crippen LogP contribution in [-0.2, 0) is 6.42 Å². The van der Waals surface area contributed by atoms with Crippen molar-refractivity contribution in [1.82, 2.24) is 9.88 Å². The normalized spacial score (nSPS) is 18.8. The SMILES string of the molecule is Brc1ncccc1NC1CCN(CCc2ccccc2)C1. The van der Waals surface area contributed by atoms with E-state index in [0.717, 1.165) is 29.8 Å². The minimum absolute atomic E-state index is 0.515. The number of benzene rings is 1. The van der Waals surface area contributed by atoms with Crippen molar-refractivity contribution in [1.29, 1.82) is 0 Å². The maximum atomic E-state index is 4.26. The van der Waals surface area contributed by atoms with Crippen molar-refractivity contribution in [3.8, 4) is 0 Å². The third kappa shape index (κ3) is 4.05. The molecule has 0 radical (unpaired) electrons. The minimum atomic E-state index is 0.515. The van der Waals surface area contributed by atoms with Crippen molar-refractivity contribution < 1.29 is 0 Å². The number of nitrogens with one attached hydrogen (secondary N) is 1. The fourth-order valence-corrected chi connectivity index (χ4v) is 3.16. The zero-order valence-electron chi connectivity index (χ0n) is 12.0. The van der Waals surface area contributed by atoms with Gasteiger partial charge in [-0.15, -0.1) is 0 Å². The molecule has 110 valence electrons. The Morgan fingerprint density at radius 1 is 1.19 bits per heavy atom. The second kappa shape index (κ2) is 7.05. The topological polar surface area (TPSA) is 28.2 Å². The van der Waals surface area contributed by atoms with Gasteiger partial charge in [-0.25, -0.2) is 4.98 Å². The first-order valence-electron chi connectivity index (χ1n) is 7.44. The molecular formula is C17H20BrN3. The number of pyridine rings is 1. The average Bonchev–Trinajstić information content (AvgIpc) is 2.96. The molecule has 1 saturated heterocycles. The first-order chi connectivity index (χ1) is 10.3. The number of likely N-dealkylation sites (tertiary alicyclic amines) is 1. The largest absolute Gasteiger partial charge is 0.379 e. The van der Waals surface area contributed by atoms with E-state index in [2.05, 4.69) is 67.5 Å². The fourth-order valence-electron chi connectivity index (χ4n) is 2.80. The molecule has 2 aromatic rings. The molecular weight excluding hydrogens is 326 g/mol. The third-order valence-corrected chi connectivity index (χ3v) is 4.58. The van der Waals surface area contributed by atoms with Gasteiger partial charge in [0.05, 0.1) is 5.69 Å². The second-order valence-electron chi connectivity index (χ2n) is 5.51. The Hall–Kier alpha value is -1.39. The van der Waals surface area contributed by atoms with Crippen LogP contribution in [0.5, 0.6) is 0 Å². The zero-order valence-corrected chi connectivity index (χ0v) is 13.6. The molecule has 2 heterocycles. The second-order valence-corrected chi connectivity index (χ2v) is 6.26. The first kappa shape index (κ1) is 14.5. The van der Waals surface area contributed by atoms with Crippen molar-refractivity contribution in [2.75, 3.05) is 25.0 Å². The molecule has 0 bridgehead atoms. The van der Waals surface area contributed by atoms with Crippen molar-refractivity contribution in [2.45, 2.75) is 18.9 Å². The van der Waals surface area contributed by atoms with Crippen molar-refractivity contribution in [3.63, 3.8) is 0 Å². The molecule has 1 unspecified atom stereocenters. The summed E-state index contributed by atoms with van der Waals surface area (Å²) in [5, 5.41) is 3.59. The highest BCUT2D eigenvalue weighted by Gasteiger charge is 2.22. The summed E-state index contributed by atoms with van der Waals surface area (Å²) >= 11 is 3.49. The van der Waals surface area contributed by atoms with E-state index in [1.54, 1.807) is 6.20 Å². The molecule has 21 heavy (non-hydrogen) atoms. The summed E-state index contributed by atoms with van der Waals surface area (Å²) in [6.07, 6.45) is 4.12. The molecule has 1 fully saturated rings. The van der Waals surface area contributed by atoms with Crippen molar-refractivity contribution in [3.05, 3.63) is 58.8 Å². The van der Waals surface area contributed by atoms with E-state index in [4.69, 9.17) is 0 Å². The highest BCUT2D eigenvalue weighted by Crippen LogP contribution is 2.22. The summed E-state index contributed by atoms with van der Waals surface area (Å²) < 4.78 is 0.896. The van der Waals surface area contributed by atoms with Gasteiger partial charge in [-0.2, -0.15) is 0 Å². The molecule has 0 amide bonds. The molecule has 1 aliphatic rings. The van der Waals surface area contributed by atoms with Crippen molar-refractivity contribution in [2.24, 2.45) is 0 Å². The van der Waals surface area contributed by atoms with Crippen LogP contribution in [-0.4, -0.2) is 35.6 Å². The molecule has 0 spiro atoms. The molecule has 0 aliphatic carbocycles. The molecule has 0 saturated carbocycles. The molecule has 1 aromatic heterocycles.